The smallest absolute Gasteiger partial charge is 0.268 e. The molecule has 0 radical (unpaired) electrons. The van der Waals surface area contributed by atoms with Gasteiger partial charge in [-0.25, -0.2) is 4.98 Å². The van der Waals surface area contributed by atoms with Gasteiger partial charge in [0.25, 0.3) is 5.56 Å². The molecule has 1 saturated carbocycles. The molecule has 2 atom stereocenters. The molecule has 2 N–H and O–H groups in total. The number of aliphatic imine (C=N–C) groups is 1. The quantitative estimate of drug-likeness (QED) is 0.868. The van der Waals surface area contributed by atoms with Crippen LogP contribution < -0.4 is 10.9 Å². The summed E-state index contributed by atoms with van der Waals surface area (Å²) in [6, 6.07) is 2.86. The lowest BCUT2D eigenvalue weighted by Crippen LogP contribution is -2.36. The van der Waals surface area contributed by atoms with E-state index in [1.54, 1.807) is 11.8 Å². The van der Waals surface area contributed by atoms with E-state index in [4.69, 9.17) is 4.99 Å². The lowest BCUT2D eigenvalue weighted by Gasteiger charge is -2.23. The number of hydrogen-bond acceptors (Lipinski definition) is 6. The fraction of sp³-hybridized carbons (Fsp3) is 0.500. The molecule has 4 rings (SSSR count). The van der Waals surface area contributed by atoms with Crippen molar-refractivity contribution in [1.29, 1.82) is 0 Å². The number of aromatic amines is 1. The molecule has 8 heteroatoms. The highest BCUT2D eigenvalue weighted by Crippen LogP contribution is 2.27. The van der Waals surface area contributed by atoms with Crippen LogP contribution in [0.4, 0.5) is 0 Å². The number of thioether (sulfide) groups is 1. The lowest BCUT2D eigenvalue weighted by molar-refractivity contribution is 0.385. The first-order valence-corrected chi connectivity index (χ1v) is 9.10. The lowest BCUT2D eigenvalue weighted by atomic mass is 9.92. The molecule has 2 aromatic rings. The number of fused-ring (bicyclic) bond motifs is 2. The summed E-state index contributed by atoms with van der Waals surface area (Å²) in [5.41, 5.74) is 0.745. The number of amidine groups is 1. The number of aromatic nitrogens is 2. The largest absolute Gasteiger partial charge is 0.360 e. The van der Waals surface area contributed by atoms with Crippen LogP contribution in [0.2, 0.25) is 0 Å². The van der Waals surface area contributed by atoms with Gasteiger partial charge in [0.2, 0.25) is 0 Å². The van der Waals surface area contributed by atoms with Gasteiger partial charge in [0.15, 0.2) is 5.17 Å². The standard InChI is InChI=1S/C14H16N4OS2.ClH/c19-13-12-10(5-6-20-12)15-11(18-13)7-21-14-16-8-3-1-2-4-9(8)17-14;/h5-6,8-9H,1-4,7H2,(H,16,17)(H,15,18,19);1H. The molecule has 3 heterocycles. The van der Waals surface area contributed by atoms with Crippen LogP contribution in [0.1, 0.15) is 31.5 Å². The summed E-state index contributed by atoms with van der Waals surface area (Å²) in [6.45, 7) is 0. The summed E-state index contributed by atoms with van der Waals surface area (Å²) in [6.07, 6.45) is 4.99. The van der Waals surface area contributed by atoms with E-state index in [0.717, 1.165) is 16.5 Å². The highest BCUT2D eigenvalue weighted by atomic mass is 35.5. The van der Waals surface area contributed by atoms with Crippen molar-refractivity contribution in [2.24, 2.45) is 4.99 Å². The highest BCUT2D eigenvalue weighted by molar-refractivity contribution is 8.13. The molecule has 0 bridgehead atoms. The van der Waals surface area contributed by atoms with E-state index >= 15 is 0 Å². The summed E-state index contributed by atoms with van der Waals surface area (Å²) in [4.78, 5) is 24.0. The van der Waals surface area contributed by atoms with Gasteiger partial charge in [-0.3, -0.25) is 9.79 Å². The molecule has 0 aromatic carbocycles. The third-order valence-electron chi connectivity index (χ3n) is 4.03. The van der Waals surface area contributed by atoms with Crippen LogP contribution in [0.15, 0.2) is 21.2 Å². The van der Waals surface area contributed by atoms with E-state index in [9.17, 15) is 4.79 Å². The van der Waals surface area contributed by atoms with Gasteiger partial charge in [0.1, 0.15) is 10.5 Å². The number of hydrogen-bond donors (Lipinski definition) is 2. The molecule has 0 spiro atoms. The van der Waals surface area contributed by atoms with E-state index in [2.05, 4.69) is 15.3 Å². The zero-order chi connectivity index (χ0) is 14.2. The summed E-state index contributed by atoms with van der Waals surface area (Å²) in [5.74, 6) is 1.36. The Bertz CT molecular complexity index is 757. The summed E-state index contributed by atoms with van der Waals surface area (Å²) in [7, 11) is 0. The minimum absolute atomic E-state index is 0. The number of halogens is 1. The van der Waals surface area contributed by atoms with Crippen LogP contribution in [-0.2, 0) is 5.75 Å². The predicted molar refractivity (Wildman–Crippen MR) is 95.4 cm³/mol. The van der Waals surface area contributed by atoms with Gasteiger partial charge in [0.05, 0.1) is 23.4 Å². The molecular weight excluding hydrogens is 340 g/mol. The van der Waals surface area contributed by atoms with Gasteiger partial charge < -0.3 is 10.3 Å². The van der Waals surface area contributed by atoms with Gasteiger partial charge >= 0.3 is 0 Å². The van der Waals surface area contributed by atoms with Crippen LogP contribution >= 0.6 is 35.5 Å². The SMILES string of the molecule is Cl.O=c1[nH]c(CSC2=NC3CCCCC3N2)nc2ccsc12. The minimum Gasteiger partial charge on any atom is -0.360 e. The minimum atomic E-state index is -0.0411. The Balaban J connectivity index is 0.00000144. The zero-order valence-electron chi connectivity index (χ0n) is 11.9. The zero-order valence-corrected chi connectivity index (χ0v) is 14.3. The molecule has 2 aromatic heterocycles. The second-order valence-corrected chi connectivity index (χ2v) is 7.35. The fourth-order valence-corrected chi connectivity index (χ4v) is 4.57. The van der Waals surface area contributed by atoms with Crippen LogP contribution in [0.3, 0.4) is 0 Å². The first-order valence-electron chi connectivity index (χ1n) is 7.23. The average Bonchev–Trinajstić information content (AvgIpc) is 3.11. The number of rotatable bonds is 2. The first kappa shape index (κ1) is 15.8. The summed E-state index contributed by atoms with van der Waals surface area (Å²) < 4.78 is 0.700. The normalized spacial score (nSPS) is 23.5. The van der Waals surface area contributed by atoms with Crippen molar-refractivity contribution in [1.82, 2.24) is 15.3 Å². The maximum Gasteiger partial charge on any atom is 0.268 e. The van der Waals surface area contributed by atoms with Crippen molar-refractivity contribution in [3.63, 3.8) is 0 Å². The van der Waals surface area contributed by atoms with Crippen molar-refractivity contribution < 1.29 is 0 Å². The van der Waals surface area contributed by atoms with Gasteiger partial charge in [-0.05, 0) is 24.3 Å². The molecule has 0 amide bonds. The topological polar surface area (TPSA) is 70.1 Å². The molecule has 118 valence electrons. The molecule has 1 fully saturated rings. The number of thiophene rings is 1. The van der Waals surface area contributed by atoms with Crippen LogP contribution in [0.5, 0.6) is 0 Å². The van der Waals surface area contributed by atoms with Crippen molar-refractivity contribution in [2.45, 2.75) is 43.5 Å². The molecule has 1 aliphatic heterocycles. The molecule has 1 aliphatic carbocycles. The summed E-state index contributed by atoms with van der Waals surface area (Å²) >= 11 is 3.06. The van der Waals surface area contributed by atoms with Crippen molar-refractivity contribution in [3.05, 3.63) is 27.6 Å². The van der Waals surface area contributed by atoms with Crippen molar-refractivity contribution in [3.8, 4) is 0 Å². The number of H-pyrrole nitrogens is 1. The van der Waals surface area contributed by atoms with Gasteiger partial charge in [0, 0.05) is 0 Å². The average molecular weight is 357 g/mol. The van der Waals surface area contributed by atoms with Crippen LogP contribution in [-0.4, -0.2) is 27.2 Å². The van der Waals surface area contributed by atoms with E-state index in [0.29, 0.717) is 22.5 Å². The van der Waals surface area contributed by atoms with Gasteiger partial charge in [-0.2, -0.15) is 0 Å². The molecule has 2 aliphatic rings. The number of nitrogens with zero attached hydrogens (tertiary/aromatic N) is 2. The van der Waals surface area contributed by atoms with E-state index in [1.807, 2.05) is 11.4 Å². The van der Waals surface area contributed by atoms with E-state index in [-0.39, 0.29) is 18.0 Å². The van der Waals surface area contributed by atoms with Gasteiger partial charge in [-0.1, -0.05) is 24.6 Å². The Kier molecular flexibility index (Phi) is 4.75. The second-order valence-electron chi connectivity index (χ2n) is 5.47. The van der Waals surface area contributed by atoms with Crippen molar-refractivity contribution >= 4 is 50.9 Å². The number of nitrogens with one attached hydrogen (secondary N) is 2. The maximum absolute atomic E-state index is 11.9. The van der Waals surface area contributed by atoms with E-state index in [1.165, 1.54) is 37.0 Å². The predicted octanol–water partition coefficient (Wildman–Crippen LogP) is 2.91. The van der Waals surface area contributed by atoms with Crippen LogP contribution in [0.25, 0.3) is 10.2 Å². The summed E-state index contributed by atoms with van der Waals surface area (Å²) in [5, 5.41) is 6.41. The third kappa shape index (κ3) is 3.02. The third-order valence-corrected chi connectivity index (χ3v) is 5.85. The Morgan fingerprint density at radius 3 is 3.09 bits per heavy atom. The van der Waals surface area contributed by atoms with Gasteiger partial charge in [-0.15, -0.1) is 23.7 Å². The fourth-order valence-electron chi connectivity index (χ4n) is 2.99. The molecule has 0 saturated heterocycles. The van der Waals surface area contributed by atoms with Crippen molar-refractivity contribution in [2.75, 3.05) is 0 Å². The maximum atomic E-state index is 11.9. The Morgan fingerprint density at radius 2 is 2.23 bits per heavy atom. The molecule has 5 nitrogen and oxygen atoms in total. The van der Waals surface area contributed by atoms with E-state index < -0.39 is 0 Å². The Hall–Kier alpha value is -1.05. The second kappa shape index (κ2) is 6.60. The Morgan fingerprint density at radius 1 is 1.36 bits per heavy atom. The monoisotopic (exact) mass is 356 g/mol. The molecular formula is C14H17ClN4OS2. The highest BCUT2D eigenvalue weighted by Gasteiger charge is 2.30. The van der Waals surface area contributed by atoms with Crippen LogP contribution in [0, 0.1) is 0 Å². The first-order chi connectivity index (χ1) is 10.3. The Labute approximate surface area is 142 Å². The molecule has 22 heavy (non-hydrogen) atoms. The molecule has 2 unspecified atom stereocenters.